The summed E-state index contributed by atoms with van der Waals surface area (Å²) in [5, 5.41) is 9.07. The van der Waals surface area contributed by atoms with Gasteiger partial charge in [0, 0.05) is 31.2 Å². The molecule has 0 saturated heterocycles. The number of rotatable bonds is 5. The van der Waals surface area contributed by atoms with E-state index in [4.69, 9.17) is 5.73 Å². The predicted octanol–water partition coefficient (Wildman–Crippen LogP) is 0.675. The first-order valence-corrected chi connectivity index (χ1v) is 6.51. The van der Waals surface area contributed by atoms with Crippen LogP contribution in [0.1, 0.15) is 10.5 Å². The molecule has 3 amide bonds. The molecule has 1 aromatic carbocycles. The number of nitrogens with one attached hydrogen (secondary N) is 3. The van der Waals surface area contributed by atoms with Gasteiger partial charge < -0.3 is 21.7 Å². The van der Waals surface area contributed by atoms with Gasteiger partial charge in [-0.15, -0.1) is 0 Å². The Kier molecular flexibility index (Phi) is 4.55. The number of primary amides is 1. The van der Waals surface area contributed by atoms with Crippen LogP contribution in [0.3, 0.4) is 0 Å². The van der Waals surface area contributed by atoms with E-state index in [2.05, 4.69) is 20.9 Å². The van der Waals surface area contributed by atoms with Crippen LogP contribution in [0.2, 0.25) is 0 Å². The average Bonchev–Trinajstić information content (AvgIpc) is 2.50. The van der Waals surface area contributed by atoms with Crippen molar-refractivity contribution >= 4 is 28.5 Å². The predicted molar refractivity (Wildman–Crippen MR) is 81.2 cm³/mol. The molecule has 2 rings (SSSR count). The lowest BCUT2D eigenvalue weighted by Crippen LogP contribution is -2.37. The van der Waals surface area contributed by atoms with Crippen molar-refractivity contribution in [2.75, 3.05) is 25.5 Å². The van der Waals surface area contributed by atoms with Crippen LogP contribution in [0.5, 0.6) is 0 Å². The smallest absolute Gasteiger partial charge is 0.312 e. The van der Waals surface area contributed by atoms with Crippen molar-refractivity contribution < 1.29 is 9.59 Å². The third-order valence-corrected chi connectivity index (χ3v) is 2.93. The van der Waals surface area contributed by atoms with Crippen LogP contribution < -0.4 is 21.7 Å². The minimum atomic E-state index is -0.620. The fourth-order valence-corrected chi connectivity index (χ4v) is 1.95. The van der Waals surface area contributed by atoms with Gasteiger partial charge in [0.2, 0.25) is 0 Å². The molecular formula is C14H17N5O2. The first-order chi connectivity index (χ1) is 10.1. The molecule has 0 aliphatic carbocycles. The van der Waals surface area contributed by atoms with E-state index in [-0.39, 0.29) is 19.0 Å². The SMILES string of the molecule is CNc1cc(C(=O)NCCNC(N)=O)nc2ccccc12. The van der Waals surface area contributed by atoms with Crippen LogP contribution in [0.15, 0.2) is 30.3 Å². The number of anilines is 1. The molecule has 7 nitrogen and oxygen atoms in total. The zero-order valence-corrected chi connectivity index (χ0v) is 11.6. The van der Waals surface area contributed by atoms with E-state index in [0.717, 1.165) is 16.6 Å². The van der Waals surface area contributed by atoms with E-state index in [1.807, 2.05) is 24.3 Å². The van der Waals surface area contributed by atoms with Gasteiger partial charge in [0.15, 0.2) is 0 Å². The van der Waals surface area contributed by atoms with E-state index in [1.165, 1.54) is 0 Å². The third kappa shape index (κ3) is 3.59. The van der Waals surface area contributed by atoms with Crippen molar-refractivity contribution in [1.82, 2.24) is 15.6 Å². The normalized spacial score (nSPS) is 10.1. The molecule has 0 bridgehead atoms. The lowest BCUT2D eigenvalue weighted by molar-refractivity contribution is 0.0949. The van der Waals surface area contributed by atoms with E-state index in [9.17, 15) is 9.59 Å². The maximum absolute atomic E-state index is 12.1. The number of fused-ring (bicyclic) bond motifs is 1. The van der Waals surface area contributed by atoms with Gasteiger partial charge in [-0.3, -0.25) is 4.79 Å². The van der Waals surface area contributed by atoms with E-state index in [0.29, 0.717) is 5.69 Å². The molecule has 0 atom stereocenters. The van der Waals surface area contributed by atoms with Gasteiger partial charge in [-0.1, -0.05) is 18.2 Å². The Morgan fingerprint density at radius 2 is 1.90 bits per heavy atom. The molecule has 0 radical (unpaired) electrons. The second kappa shape index (κ2) is 6.56. The van der Waals surface area contributed by atoms with Gasteiger partial charge in [-0.2, -0.15) is 0 Å². The highest BCUT2D eigenvalue weighted by Gasteiger charge is 2.10. The Labute approximate surface area is 121 Å². The summed E-state index contributed by atoms with van der Waals surface area (Å²) < 4.78 is 0. The largest absolute Gasteiger partial charge is 0.388 e. The van der Waals surface area contributed by atoms with Crippen LogP contribution in [-0.2, 0) is 0 Å². The Bertz CT molecular complexity index is 671. The molecule has 0 aliphatic heterocycles. The van der Waals surface area contributed by atoms with Crippen molar-refractivity contribution in [3.63, 3.8) is 0 Å². The monoisotopic (exact) mass is 287 g/mol. The summed E-state index contributed by atoms with van der Waals surface area (Å²) in [6, 6.07) is 8.64. The quantitative estimate of drug-likeness (QED) is 0.606. The molecule has 0 unspecified atom stereocenters. The molecule has 1 aromatic heterocycles. The van der Waals surface area contributed by atoms with E-state index < -0.39 is 6.03 Å². The van der Waals surface area contributed by atoms with Crippen LogP contribution >= 0.6 is 0 Å². The van der Waals surface area contributed by atoms with Crippen LogP contribution in [0, 0.1) is 0 Å². The highest BCUT2D eigenvalue weighted by Crippen LogP contribution is 2.22. The van der Waals surface area contributed by atoms with Crippen molar-refractivity contribution in [1.29, 1.82) is 0 Å². The highest BCUT2D eigenvalue weighted by molar-refractivity contribution is 5.99. The number of nitrogens with two attached hydrogens (primary N) is 1. The second-order valence-electron chi connectivity index (χ2n) is 4.37. The highest BCUT2D eigenvalue weighted by atomic mass is 16.2. The first-order valence-electron chi connectivity index (χ1n) is 6.51. The zero-order valence-electron chi connectivity index (χ0n) is 11.6. The number of benzene rings is 1. The molecule has 21 heavy (non-hydrogen) atoms. The van der Waals surface area contributed by atoms with Gasteiger partial charge in [0.05, 0.1) is 5.52 Å². The van der Waals surface area contributed by atoms with E-state index in [1.54, 1.807) is 13.1 Å². The number of pyridine rings is 1. The van der Waals surface area contributed by atoms with Gasteiger partial charge in [-0.05, 0) is 12.1 Å². The molecule has 1 heterocycles. The van der Waals surface area contributed by atoms with E-state index >= 15 is 0 Å². The van der Waals surface area contributed by atoms with Gasteiger partial charge >= 0.3 is 6.03 Å². The Balaban J connectivity index is 2.14. The maximum atomic E-state index is 12.1. The maximum Gasteiger partial charge on any atom is 0.312 e. The zero-order chi connectivity index (χ0) is 15.2. The average molecular weight is 287 g/mol. The lowest BCUT2D eigenvalue weighted by Gasteiger charge is -2.09. The molecule has 0 fully saturated rings. The Hall–Kier alpha value is -2.83. The lowest BCUT2D eigenvalue weighted by atomic mass is 10.1. The molecular weight excluding hydrogens is 270 g/mol. The summed E-state index contributed by atoms with van der Waals surface area (Å²) in [6.07, 6.45) is 0. The van der Waals surface area contributed by atoms with Crippen molar-refractivity contribution in [3.05, 3.63) is 36.0 Å². The first kappa shape index (κ1) is 14.6. The number of amides is 3. The molecule has 7 heteroatoms. The van der Waals surface area contributed by atoms with Crippen LogP contribution in [0.4, 0.5) is 10.5 Å². The fourth-order valence-electron chi connectivity index (χ4n) is 1.95. The molecule has 0 aliphatic rings. The van der Waals surface area contributed by atoms with Gasteiger partial charge in [-0.25, -0.2) is 9.78 Å². The summed E-state index contributed by atoms with van der Waals surface area (Å²) >= 11 is 0. The summed E-state index contributed by atoms with van der Waals surface area (Å²) in [6.45, 7) is 0.554. The van der Waals surface area contributed by atoms with Crippen molar-refractivity contribution in [3.8, 4) is 0 Å². The minimum absolute atomic E-state index is 0.271. The van der Waals surface area contributed by atoms with Crippen molar-refractivity contribution in [2.45, 2.75) is 0 Å². The topological polar surface area (TPSA) is 109 Å². The number of urea groups is 1. The number of carbonyl (C=O) groups is 2. The molecule has 110 valence electrons. The summed E-state index contributed by atoms with van der Waals surface area (Å²) in [5.41, 5.74) is 6.83. The third-order valence-electron chi connectivity index (χ3n) is 2.93. The minimum Gasteiger partial charge on any atom is -0.388 e. The number of hydrogen-bond acceptors (Lipinski definition) is 4. The van der Waals surface area contributed by atoms with Gasteiger partial charge in [0.25, 0.3) is 5.91 Å². The number of hydrogen-bond donors (Lipinski definition) is 4. The Morgan fingerprint density at radius 1 is 1.19 bits per heavy atom. The summed E-state index contributed by atoms with van der Waals surface area (Å²) in [4.78, 5) is 26.9. The number of nitrogens with zero attached hydrogens (tertiary/aromatic N) is 1. The van der Waals surface area contributed by atoms with Crippen LogP contribution in [0.25, 0.3) is 10.9 Å². The fraction of sp³-hybridized carbons (Fsp3) is 0.214. The standard InChI is InChI=1S/C14H17N5O2/c1-16-11-8-12(13(20)17-6-7-18-14(15)21)19-10-5-3-2-4-9(10)11/h2-5,8H,6-7H2,1H3,(H,16,19)(H,17,20)(H3,15,18,21). The molecule has 5 N–H and O–H groups in total. The summed E-state index contributed by atoms with van der Waals surface area (Å²) in [7, 11) is 1.79. The summed E-state index contributed by atoms with van der Waals surface area (Å²) in [5.74, 6) is -0.302. The van der Waals surface area contributed by atoms with Crippen LogP contribution in [-0.4, -0.2) is 37.1 Å². The molecule has 2 aromatic rings. The van der Waals surface area contributed by atoms with Gasteiger partial charge in [0.1, 0.15) is 5.69 Å². The molecule has 0 spiro atoms. The number of para-hydroxylation sites is 1. The second-order valence-corrected chi connectivity index (χ2v) is 4.37. The number of aromatic nitrogens is 1. The number of carbonyl (C=O) groups excluding carboxylic acids is 2. The Morgan fingerprint density at radius 3 is 2.62 bits per heavy atom. The van der Waals surface area contributed by atoms with Crippen molar-refractivity contribution in [2.24, 2.45) is 5.73 Å². The molecule has 0 saturated carbocycles.